The van der Waals surface area contributed by atoms with Gasteiger partial charge < -0.3 is 10.0 Å². The van der Waals surface area contributed by atoms with E-state index < -0.39 is 16.1 Å². The lowest BCUT2D eigenvalue weighted by Crippen LogP contribution is -3.07. The van der Waals surface area contributed by atoms with Gasteiger partial charge in [0, 0.05) is 0 Å². The average Bonchev–Trinajstić information content (AvgIpc) is 2.53. The average molecular weight is 335 g/mol. The van der Waals surface area contributed by atoms with Gasteiger partial charge in [0.05, 0.1) is 31.2 Å². The number of likely N-dealkylation sites (N-methyl/N-ethyl adjacent to an activating group) is 1. The molecule has 23 heavy (non-hydrogen) atoms. The van der Waals surface area contributed by atoms with Crippen LogP contribution in [-0.4, -0.2) is 46.8 Å². The van der Waals surface area contributed by atoms with Crippen molar-refractivity contribution in [2.75, 3.05) is 31.5 Å². The van der Waals surface area contributed by atoms with E-state index in [4.69, 9.17) is 0 Å². The second-order valence-corrected chi connectivity index (χ2v) is 7.61. The number of sulfonamides is 1. The molecule has 2 aromatic rings. The third kappa shape index (κ3) is 4.54. The lowest BCUT2D eigenvalue weighted by Gasteiger charge is -2.27. The van der Waals surface area contributed by atoms with E-state index >= 15 is 0 Å². The van der Waals surface area contributed by atoms with E-state index in [-0.39, 0.29) is 11.4 Å². The highest BCUT2D eigenvalue weighted by Gasteiger charge is 2.27. The van der Waals surface area contributed by atoms with Crippen molar-refractivity contribution in [3.63, 3.8) is 0 Å². The molecular weight excluding hydrogens is 312 g/mol. The molecule has 2 aromatic carbocycles. The van der Waals surface area contributed by atoms with Crippen molar-refractivity contribution in [3.05, 3.63) is 60.7 Å². The fourth-order valence-electron chi connectivity index (χ4n) is 2.38. The number of quaternary nitrogens is 1. The van der Waals surface area contributed by atoms with E-state index in [9.17, 15) is 13.5 Å². The van der Waals surface area contributed by atoms with Crippen LogP contribution in [0.4, 0.5) is 5.69 Å². The minimum atomic E-state index is -3.72. The molecule has 0 heterocycles. The van der Waals surface area contributed by atoms with E-state index in [1.807, 2.05) is 20.2 Å². The molecule has 0 spiro atoms. The number of benzene rings is 2. The number of para-hydroxylation sites is 1. The molecule has 0 radical (unpaired) electrons. The third-order valence-electron chi connectivity index (χ3n) is 3.40. The Morgan fingerprint density at radius 3 is 2.04 bits per heavy atom. The zero-order valence-electron chi connectivity index (χ0n) is 13.4. The van der Waals surface area contributed by atoms with Crippen molar-refractivity contribution in [3.8, 4) is 0 Å². The number of rotatable bonds is 7. The van der Waals surface area contributed by atoms with Gasteiger partial charge in [0.25, 0.3) is 10.0 Å². The second-order valence-electron chi connectivity index (χ2n) is 5.75. The molecule has 0 amide bonds. The van der Waals surface area contributed by atoms with E-state index in [0.29, 0.717) is 12.2 Å². The van der Waals surface area contributed by atoms with Gasteiger partial charge in [0.1, 0.15) is 12.6 Å². The first kappa shape index (κ1) is 17.5. The van der Waals surface area contributed by atoms with E-state index in [1.54, 1.807) is 54.6 Å². The molecule has 0 fully saturated rings. The van der Waals surface area contributed by atoms with Gasteiger partial charge in [-0.25, -0.2) is 8.42 Å². The van der Waals surface area contributed by atoms with E-state index in [2.05, 4.69) is 0 Å². The highest BCUT2D eigenvalue weighted by molar-refractivity contribution is 7.92. The van der Waals surface area contributed by atoms with Crippen molar-refractivity contribution in [2.45, 2.75) is 11.0 Å². The molecule has 0 aliphatic heterocycles. The number of nitrogens with zero attached hydrogens (tertiary/aromatic N) is 1. The molecule has 5 nitrogen and oxygen atoms in total. The largest absolute Gasteiger partial charge is 0.385 e. The summed E-state index contributed by atoms with van der Waals surface area (Å²) in [4.78, 5) is 1.27. The molecule has 124 valence electrons. The summed E-state index contributed by atoms with van der Waals surface area (Å²) in [5, 5.41) is 10.2. The number of hydrogen-bond acceptors (Lipinski definition) is 3. The predicted molar refractivity (Wildman–Crippen MR) is 91.1 cm³/mol. The van der Waals surface area contributed by atoms with Crippen LogP contribution >= 0.6 is 0 Å². The first-order valence-corrected chi connectivity index (χ1v) is 8.95. The Kier molecular flexibility index (Phi) is 5.76. The maximum absolute atomic E-state index is 13.0. The van der Waals surface area contributed by atoms with Crippen LogP contribution in [0.1, 0.15) is 0 Å². The fourth-order valence-corrected chi connectivity index (χ4v) is 3.91. The maximum atomic E-state index is 13.0. The Labute approximate surface area is 137 Å². The number of aliphatic hydroxyl groups is 1. The zero-order chi connectivity index (χ0) is 16.9. The Hall–Kier alpha value is -1.89. The molecule has 6 heteroatoms. The number of anilines is 1. The summed E-state index contributed by atoms with van der Waals surface area (Å²) in [5.74, 6) is 0. The summed E-state index contributed by atoms with van der Waals surface area (Å²) in [6.45, 7) is 0.486. The second kappa shape index (κ2) is 7.59. The highest BCUT2D eigenvalue weighted by Crippen LogP contribution is 2.23. The summed E-state index contributed by atoms with van der Waals surface area (Å²) in [6.07, 6.45) is -0.751. The van der Waals surface area contributed by atoms with Crippen molar-refractivity contribution in [2.24, 2.45) is 0 Å². The molecule has 2 N–H and O–H groups in total. The molecule has 2 rings (SSSR count). The number of hydrogen-bond donors (Lipinski definition) is 2. The van der Waals surface area contributed by atoms with Crippen molar-refractivity contribution < 1.29 is 18.4 Å². The SMILES string of the molecule is C[NH+](C)C[C@H](O)CN(c1ccccc1)S(=O)(=O)c1ccccc1. The topological polar surface area (TPSA) is 62.1 Å². The van der Waals surface area contributed by atoms with Gasteiger partial charge in [-0.2, -0.15) is 0 Å². The first-order valence-electron chi connectivity index (χ1n) is 7.51. The Morgan fingerprint density at radius 2 is 1.52 bits per heavy atom. The van der Waals surface area contributed by atoms with Crippen LogP contribution in [0.5, 0.6) is 0 Å². The normalized spacial score (nSPS) is 13.0. The Bertz CT molecular complexity index is 703. The summed E-state index contributed by atoms with van der Waals surface area (Å²) >= 11 is 0. The van der Waals surface area contributed by atoms with Crippen LogP contribution in [0.15, 0.2) is 65.6 Å². The molecule has 1 atom stereocenters. The zero-order valence-corrected chi connectivity index (χ0v) is 14.2. The van der Waals surface area contributed by atoms with Gasteiger partial charge in [0.2, 0.25) is 0 Å². The smallest absolute Gasteiger partial charge is 0.264 e. The molecule has 0 aliphatic carbocycles. The molecule has 0 aliphatic rings. The van der Waals surface area contributed by atoms with E-state index in [1.165, 1.54) is 4.31 Å². The van der Waals surface area contributed by atoms with Crippen LogP contribution in [-0.2, 0) is 10.0 Å². The lowest BCUT2D eigenvalue weighted by molar-refractivity contribution is -0.861. The Balaban J connectivity index is 2.38. The maximum Gasteiger partial charge on any atom is 0.264 e. The standard InChI is InChI=1S/C17H22N2O3S/c1-18(2)13-16(20)14-19(15-9-5-3-6-10-15)23(21,22)17-11-7-4-8-12-17/h3-12,16,20H,13-14H2,1-2H3/p+1/t16-/m0/s1. The van der Waals surface area contributed by atoms with Gasteiger partial charge in [-0.05, 0) is 24.3 Å². The number of nitrogens with one attached hydrogen (secondary N) is 1. The molecule has 0 saturated heterocycles. The Morgan fingerprint density at radius 1 is 1.00 bits per heavy atom. The lowest BCUT2D eigenvalue weighted by atomic mass is 10.3. The molecule has 0 saturated carbocycles. The van der Waals surface area contributed by atoms with Gasteiger partial charge in [0.15, 0.2) is 0 Å². The van der Waals surface area contributed by atoms with Gasteiger partial charge >= 0.3 is 0 Å². The monoisotopic (exact) mass is 335 g/mol. The molecule has 0 aromatic heterocycles. The molecular formula is C17H23N2O3S+. The van der Waals surface area contributed by atoms with E-state index in [0.717, 1.165) is 4.90 Å². The summed E-state index contributed by atoms with van der Waals surface area (Å²) < 4.78 is 27.2. The minimum Gasteiger partial charge on any atom is -0.385 e. The summed E-state index contributed by atoms with van der Waals surface area (Å²) in [6, 6.07) is 17.1. The number of aliphatic hydroxyl groups excluding tert-OH is 1. The van der Waals surface area contributed by atoms with Crippen LogP contribution in [0.3, 0.4) is 0 Å². The fraction of sp³-hybridized carbons (Fsp3) is 0.294. The summed E-state index contributed by atoms with van der Waals surface area (Å²) in [7, 11) is 0.116. The summed E-state index contributed by atoms with van der Waals surface area (Å²) in [5.41, 5.74) is 0.546. The van der Waals surface area contributed by atoms with Gasteiger partial charge in [-0.15, -0.1) is 0 Å². The minimum absolute atomic E-state index is 0.0203. The predicted octanol–water partition coefficient (Wildman–Crippen LogP) is 0.387. The first-order chi connectivity index (χ1) is 10.9. The molecule has 0 unspecified atom stereocenters. The highest BCUT2D eigenvalue weighted by atomic mass is 32.2. The van der Waals surface area contributed by atoms with Crippen LogP contribution in [0.2, 0.25) is 0 Å². The van der Waals surface area contributed by atoms with Crippen molar-refractivity contribution in [1.82, 2.24) is 0 Å². The van der Waals surface area contributed by atoms with Crippen molar-refractivity contribution >= 4 is 15.7 Å². The quantitative estimate of drug-likeness (QED) is 0.769. The van der Waals surface area contributed by atoms with Gasteiger partial charge in [-0.3, -0.25) is 4.31 Å². The van der Waals surface area contributed by atoms with Crippen LogP contribution < -0.4 is 9.21 Å². The van der Waals surface area contributed by atoms with Gasteiger partial charge in [-0.1, -0.05) is 36.4 Å². The third-order valence-corrected chi connectivity index (χ3v) is 5.20. The van der Waals surface area contributed by atoms with Crippen molar-refractivity contribution in [1.29, 1.82) is 0 Å². The van der Waals surface area contributed by atoms with Crippen LogP contribution in [0, 0.1) is 0 Å². The molecule has 0 bridgehead atoms. The van der Waals surface area contributed by atoms with Crippen LogP contribution in [0.25, 0.3) is 0 Å².